The number of aromatic nitrogens is 2. The van der Waals surface area contributed by atoms with Gasteiger partial charge in [0.05, 0.1) is 16.6 Å². The molecule has 1 heterocycles. The van der Waals surface area contributed by atoms with Gasteiger partial charge in [-0.3, -0.25) is 0 Å². The van der Waals surface area contributed by atoms with Gasteiger partial charge >= 0.3 is 0 Å². The van der Waals surface area contributed by atoms with Crippen LogP contribution < -0.4 is 5.73 Å². The van der Waals surface area contributed by atoms with Crippen LogP contribution >= 0.6 is 0 Å². The van der Waals surface area contributed by atoms with Gasteiger partial charge in [-0.2, -0.15) is 0 Å². The first-order chi connectivity index (χ1) is 9.51. The van der Waals surface area contributed by atoms with Gasteiger partial charge in [0.2, 0.25) is 0 Å². The standard InChI is InChI=1S/C17H25N3/c1-12(2)20-15-9-5-4-8-14(15)19-16(20)17(18)10-6-7-13(3)11-17/h4-5,8-9,12-13H,6-7,10-11,18H2,1-3H3. The molecule has 20 heavy (non-hydrogen) atoms. The highest BCUT2D eigenvalue weighted by atomic mass is 15.1. The van der Waals surface area contributed by atoms with Crippen LogP contribution in [0.25, 0.3) is 11.0 Å². The van der Waals surface area contributed by atoms with E-state index in [1.165, 1.54) is 18.4 Å². The summed E-state index contributed by atoms with van der Waals surface area (Å²) in [4.78, 5) is 4.90. The minimum atomic E-state index is -0.263. The van der Waals surface area contributed by atoms with Gasteiger partial charge in [-0.15, -0.1) is 0 Å². The minimum Gasteiger partial charge on any atom is -0.324 e. The fourth-order valence-corrected chi connectivity index (χ4v) is 3.71. The van der Waals surface area contributed by atoms with E-state index in [0.29, 0.717) is 12.0 Å². The fourth-order valence-electron chi connectivity index (χ4n) is 3.71. The zero-order valence-corrected chi connectivity index (χ0v) is 12.8. The van der Waals surface area contributed by atoms with Crippen LogP contribution in [0.4, 0.5) is 0 Å². The number of hydrogen-bond acceptors (Lipinski definition) is 2. The fraction of sp³-hybridized carbons (Fsp3) is 0.588. The summed E-state index contributed by atoms with van der Waals surface area (Å²) >= 11 is 0. The molecule has 3 nitrogen and oxygen atoms in total. The minimum absolute atomic E-state index is 0.263. The summed E-state index contributed by atoms with van der Waals surface area (Å²) in [6, 6.07) is 8.76. The Kier molecular flexibility index (Phi) is 3.33. The van der Waals surface area contributed by atoms with Gasteiger partial charge in [-0.1, -0.05) is 31.9 Å². The molecule has 2 aromatic rings. The van der Waals surface area contributed by atoms with Crippen LogP contribution in [-0.4, -0.2) is 9.55 Å². The molecule has 0 radical (unpaired) electrons. The van der Waals surface area contributed by atoms with E-state index in [-0.39, 0.29) is 5.54 Å². The van der Waals surface area contributed by atoms with Crippen molar-refractivity contribution in [1.29, 1.82) is 0 Å². The second-order valence-corrected chi connectivity index (χ2v) is 6.75. The third-order valence-corrected chi connectivity index (χ3v) is 4.59. The maximum Gasteiger partial charge on any atom is 0.130 e. The molecule has 0 amide bonds. The number of benzene rings is 1. The van der Waals surface area contributed by atoms with Crippen molar-refractivity contribution in [2.45, 2.75) is 58.0 Å². The van der Waals surface area contributed by atoms with Gasteiger partial charge < -0.3 is 10.3 Å². The summed E-state index contributed by atoms with van der Waals surface area (Å²) in [7, 11) is 0. The molecule has 1 aliphatic carbocycles. The number of hydrogen-bond donors (Lipinski definition) is 1. The monoisotopic (exact) mass is 271 g/mol. The Bertz CT molecular complexity index is 614. The maximum atomic E-state index is 6.79. The van der Waals surface area contributed by atoms with Gasteiger partial charge in [0.15, 0.2) is 0 Å². The van der Waals surface area contributed by atoms with Crippen molar-refractivity contribution in [3.63, 3.8) is 0 Å². The van der Waals surface area contributed by atoms with Crippen molar-refractivity contribution in [1.82, 2.24) is 9.55 Å². The molecule has 0 saturated heterocycles. The van der Waals surface area contributed by atoms with Crippen molar-refractivity contribution in [3.05, 3.63) is 30.1 Å². The molecular weight excluding hydrogens is 246 g/mol. The smallest absolute Gasteiger partial charge is 0.130 e. The van der Waals surface area contributed by atoms with Crippen LogP contribution in [-0.2, 0) is 5.54 Å². The number of rotatable bonds is 2. The van der Waals surface area contributed by atoms with Gasteiger partial charge in [0, 0.05) is 6.04 Å². The third kappa shape index (κ3) is 2.14. The van der Waals surface area contributed by atoms with Crippen LogP contribution in [0.1, 0.15) is 58.3 Å². The summed E-state index contributed by atoms with van der Waals surface area (Å²) in [5.74, 6) is 1.77. The maximum absolute atomic E-state index is 6.79. The lowest BCUT2D eigenvalue weighted by Crippen LogP contribution is -2.43. The van der Waals surface area contributed by atoms with Crippen molar-refractivity contribution >= 4 is 11.0 Å². The predicted octanol–water partition coefficient (Wildman–Crippen LogP) is 3.98. The van der Waals surface area contributed by atoms with Gasteiger partial charge in [0.25, 0.3) is 0 Å². The van der Waals surface area contributed by atoms with E-state index in [2.05, 4.69) is 49.6 Å². The summed E-state index contributed by atoms with van der Waals surface area (Å²) in [6.45, 7) is 6.74. The van der Waals surface area contributed by atoms with E-state index >= 15 is 0 Å². The summed E-state index contributed by atoms with van der Waals surface area (Å²) < 4.78 is 2.34. The lowest BCUT2D eigenvalue weighted by Gasteiger charge is -2.37. The van der Waals surface area contributed by atoms with Gasteiger partial charge in [-0.05, 0) is 44.7 Å². The van der Waals surface area contributed by atoms with Crippen LogP contribution in [0.15, 0.2) is 24.3 Å². The Labute approximate surface area is 121 Å². The van der Waals surface area contributed by atoms with Crippen LogP contribution in [0, 0.1) is 5.92 Å². The molecule has 0 spiro atoms. The molecule has 0 bridgehead atoms. The molecule has 3 rings (SSSR count). The predicted molar refractivity (Wildman–Crippen MR) is 83.6 cm³/mol. The second kappa shape index (κ2) is 4.88. The van der Waals surface area contributed by atoms with Crippen molar-refractivity contribution in [2.24, 2.45) is 11.7 Å². The van der Waals surface area contributed by atoms with Crippen molar-refractivity contribution in [2.75, 3.05) is 0 Å². The Morgan fingerprint density at radius 3 is 2.80 bits per heavy atom. The van der Waals surface area contributed by atoms with Crippen molar-refractivity contribution in [3.8, 4) is 0 Å². The Hall–Kier alpha value is -1.35. The number of nitrogens with two attached hydrogens (primary N) is 1. The Morgan fingerprint density at radius 2 is 2.10 bits per heavy atom. The first-order valence-corrected chi connectivity index (χ1v) is 7.77. The van der Waals surface area contributed by atoms with E-state index < -0.39 is 0 Å². The number of para-hydroxylation sites is 2. The van der Waals surface area contributed by atoms with E-state index in [9.17, 15) is 0 Å². The lowest BCUT2D eigenvalue weighted by atomic mass is 9.76. The first-order valence-electron chi connectivity index (χ1n) is 7.77. The van der Waals surface area contributed by atoms with Crippen molar-refractivity contribution < 1.29 is 0 Å². The largest absolute Gasteiger partial charge is 0.324 e. The highest BCUT2D eigenvalue weighted by Gasteiger charge is 2.37. The third-order valence-electron chi connectivity index (χ3n) is 4.59. The summed E-state index contributed by atoms with van der Waals surface area (Å²) in [5.41, 5.74) is 8.80. The molecule has 2 N–H and O–H groups in total. The number of fused-ring (bicyclic) bond motifs is 1. The van der Waals surface area contributed by atoms with Crippen LogP contribution in [0.5, 0.6) is 0 Å². The van der Waals surface area contributed by atoms with Gasteiger partial charge in [0.1, 0.15) is 5.82 Å². The molecular formula is C17H25N3. The van der Waals surface area contributed by atoms with E-state index in [0.717, 1.165) is 24.2 Å². The molecule has 0 aliphatic heterocycles. The normalized spacial score (nSPS) is 27.4. The second-order valence-electron chi connectivity index (χ2n) is 6.75. The molecule has 1 fully saturated rings. The first kappa shape index (κ1) is 13.6. The van der Waals surface area contributed by atoms with Crippen LogP contribution in [0.3, 0.4) is 0 Å². The van der Waals surface area contributed by atoms with E-state index in [4.69, 9.17) is 10.7 Å². The Morgan fingerprint density at radius 1 is 1.35 bits per heavy atom. The van der Waals surface area contributed by atoms with Gasteiger partial charge in [-0.25, -0.2) is 4.98 Å². The molecule has 1 saturated carbocycles. The number of nitrogens with zero attached hydrogens (tertiary/aromatic N) is 2. The van der Waals surface area contributed by atoms with E-state index in [1.54, 1.807) is 0 Å². The topological polar surface area (TPSA) is 43.8 Å². The SMILES string of the molecule is CC1CCCC(N)(c2nc3ccccc3n2C(C)C)C1. The zero-order chi connectivity index (χ0) is 14.3. The van der Waals surface area contributed by atoms with Crippen LogP contribution in [0.2, 0.25) is 0 Å². The molecule has 2 atom stereocenters. The summed E-state index contributed by atoms with van der Waals surface area (Å²) in [5, 5.41) is 0. The lowest BCUT2D eigenvalue weighted by molar-refractivity contribution is 0.220. The molecule has 1 aromatic heterocycles. The number of imidazole rings is 1. The highest BCUT2D eigenvalue weighted by Crippen LogP contribution is 2.39. The molecule has 2 unspecified atom stereocenters. The Balaban J connectivity index is 2.17. The molecule has 1 aliphatic rings. The quantitative estimate of drug-likeness (QED) is 0.897. The van der Waals surface area contributed by atoms with E-state index in [1.807, 2.05) is 0 Å². The zero-order valence-electron chi connectivity index (χ0n) is 12.8. The average molecular weight is 271 g/mol. The molecule has 108 valence electrons. The summed E-state index contributed by atoms with van der Waals surface area (Å²) in [6.07, 6.45) is 4.59. The molecule has 3 heteroatoms. The average Bonchev–Trinajstić information content (AvgIpc) is 2.78. The highest BCUT2D eigenvalue weighted by molar-refractivity contribution is 5.76. The molecule has 1 aromatic carbocycles.